The molecule has 1 aliphatic heterocycles. The van der Waals surface area contributed by atoms with Gasteiger partial charge >= 0.3 is 0 Å². The molecule has 186 valence electrons. The first-order valence-electron chi connectivity index (χ1n) is 11.6. The van der Waals surface area contributed by atoms with Gasteiger partial charge < -0.3 is 9.84 Å². The molecular formula is C25H29ClN4O4S. The molecule has 2 unspecified atom stereocenters. The first-order valence-corrected chi connectivity index (χ1v) is 13.9. The fourth-order valence-electron chi connectivity index (χ4n) is 4.33. The highest BCUT2D eigenvalue weighted by Gasteiger charge is 2.28. The van der Waals surface area contributed by atoms with Crippen molar-refractivity contribution in [2.75, 3.05) is 19.3 Å². The summed E-state index contributed by atoms with van der Waals surface area (Å²) in [4.78, 5) is 20.0. The number of likely N-dealkylation sites (tertiary alicyclic amines) is 1. The van der Waals surface area contributed by atoms with Gasteiger partial charge in [-0.2, -0.15) is 4.98 Å². The molecule has 0 aliphatic carbocycles. The molecule has 35 heavy (non-hydrogen) atoms. The zero-order valence-corrected chi connectivity index (χ0v) is 21.3. The third-order valence-corrected chi connectivity index (χ3v) is 7.59. The Morgan fingerprint density at radius 1 is 1.26 bits per heavy atom. The number of piperidine rings is 1. The molecule has 8 nitrogen and oxygen atoms in total. The molecule has 1 aromatic heterocycles. The van der Waals surface area contributed by atoms with Crippen LogP contribution in [0.2, 0.25) is 5.02 Å². The van der Waals surface area contributed by atoms with Crippen molar-refractivity contribution in [2.45, 2.75) is 43.7 Å². The number of amides is 1. The number of hydrogen-bond acceptors (Lipinski definition) is 7. The van der Waals surface area contributed by atoms with E-state index in [1.807, 2.05) is 19.1 Å². The molecule has 2 atom stereocenters. The summed E-state index contributed by atoms with van der Waals surface area (Å²) < 4.78 is 28.9. The minimum atomic E-state index is -3.26. The zero-order chi connectivity index (χ0) is 25.0. The molecule has 0 bridgehead atoms. The maximum atomic E-state index is 13.1. The maximum Gasteiger partial charge on any atom is 0.241 e. The second kappa shape index (κ2) is 10.9. The molecule has 2 aromatic carbocycles. The van der Waals surface area contributed by atoms with E-state index < -0.39 is 9.84 Å². The van der Waals surface area contributed by atoms with Gasteiger partial charge in [0.05, 0.1) is 23.4 Å². The van der Waals surface area contributed by atoms with Gasteiger partial charge in [0.1, 0.15) is 0 Å². The average Bonchev–Trinajstić information content (AvgIpc) is 3.30. The molecule has 4 rings (SSSR count). The summed E-state index contributed by atoms with van der Waals surface area (Å²) in [5.74, 6) is 0.835. The van der Waals surface area contributed by atoms with Crippen molar-refractivity contribution in [3.05, 3.63) is 65.0 Å². The van der Waals surface area contributed by atoms with Crippen molar-refractivity contribution in [1.29, 1.82) is 0 Å². The lowest BCUT2D eigenvalue weighted by Gasteiger charge is -2.32. The van der Waals surface area contributed by atoms with Gasteiger partial charge in [-0.15, -0.1) is 0 Å². The number of nitrogens with one attached hydrogen (secondary N) is 1. The minimum absolute atomic E-state index is 0.00103. The van der Waals surface area contributed by atoms with E-state index in [-0.39, 0.29) is 22.8 Å². The Morgan fingerprint density at radius 2 is 2.03 bits per heavy atom. The summed E-state index contributed by atoms with van der Waals surface area (Å²) >= 11 is 6.06. The van der Waals surface area contributed by atoms with Gasteiger partial charge in [-0.1, -0.05) is 47.9 Å². The zero-order valence-electron chi connectivity index (χ0n) is 19.8. The van der Waals surface area contributed by atoms with Crippen molar-refractivity contribution in [2.24, 2.45) is 5.92 Å². The molecule has 0 saturated carbocycles. The van der Waals surface area contributed by atoms with Gasteiger partial charge in [0.25, 0.3) is 0 Å². The predicted molar refractivity (Wildman–Crippen MR) is 133 cm³/mol. The van der Waals surface area contributed by atoms with Crippen LogP contribution in [0.25, 0.3) is 11.4 Å². The van der Waals surface area contributed by atoms with Crippen LogP contribution in [0.1, 0.15) is 43.7 Å². The van der Waals surface area contributed by atoms with Crippen molar-refractivity contribution in [1.82, 2.24) is 20.4 Å². The van der Waals surface area contributed by atoms with Crippen LogP contribution in [0.3, 0.4) is 0 Å². The molecule has 1 fully saturated rings. The number of halogens is 1. The molecule has 1 N–H and O–H groups in total. The standard InChI is InChI=1S/C25H29ClN4O4S/c1-3-22(17-9-11-21(12-10-17)35(2,32)33)27-25(31)19-7-5-13-30(15-19)16-23-28-24(29-34-23)18-6-4-8-20(26)14-18/h4,6,8-12,14,19,22H,3,5,7,13,15-16H2,1-2H3,(H,27,31). The van der Waals surface area contributed by atoms with E-state index in [2.05, 4.69) is 20.4 Å². The third-order valence-electron chi connectivity index (χ3n) is 6.22. The second-order valence-electron chi connectivity index (χ2n) is 8.91. The summed E-state index contributed by atoms with van der Waals surface area (Å²) in [5, 5.41) is 7.82. The van der Waals surface area contributed by atoms with E-state index in [1.165, 1.54) is 6.26 Å². The van der Waals surface area contributed by atoms with Crippen LogP contribution < -0.4 is 5.32 Å². The van der Waals surface area contributed by atoms with Gasteiger partial charge in [-0.05, 0) is 55.6 Å². The van der Waals surface area contributed by atoms with E-state index in [4.69, 9.17) is 16.1 Å². The van der Waals surface area contributed by atoms with Crippen molar-refractivity contribution in [3.63, 3.8) is 0 Å². The lowest BCUT2D eigenvalue weighted by molar-refractivity contribution is -0.127. The number of carbonyl (C=O) groups excluding carboxylic acids is 1. The molecule has 0 radical (unpaired) electrons. The summed E-state index contributed by atoms with van der Waals surface area (Å²) in [6.07, 6.45) is 3.59. The highest BCUT2D eigenvalue weighted by Crippen LogP contribution is 2.24. The van der Waals surface area contributed by atoms with Crippen LogP contribution in [0, 0.1) is 5.92 Å². The number of benzene rings is 2. The van der Waals surface area contributed by atoms with Crippen LogP contribution in [-0.2, 0) is 21.2 Å². The fourth-order valence-corrected chi connectivity index (χ4v) is 5.15. The number of carbonyl (C=O) groups is 1. The van der Waals surface area contributed by atoms with Crippen LogP contribution in [0.4, 0.5) is 0 Å². The van der Waals surface area contributed by atoms with Crippen LogP contribution in [0.5, 0.6) is 0 Å². The Labute approximate surface area is 210 Å². The highest BCUT2D eigenvalue weighted by molar-refractivity contribution is 7.90. The minimum Gasteiger partial charge on any atom is -0.349 e. The van der Waals surface area contributed by atoms with Crippen molar-refractivity contribution >= 4 is 27.3 Å². The van der Waals surface area contributed by atoms with Crippen molar-refractivity contribution < 1.29 is 17.7 Å². The second-order valence-corrected chi connectivity index (χ2v) is 11.4. The number of sulfone groups is 1. The predicted octanol–water partition coefficient (Wildman–Crippen LogP) is 4.27. The molecule has 10 heteroatoms. The van der Waals surface area contributed by atoms with Gasteiger partial charge in [-0.3, -0.25) is 9.69 Å². The highest BCUT2D eigenvalue weighted by atomic mass is 35.5. The Balaban J connectivity index is 1.36. The van der Waals surface area contributed by atoms with Gasteiger partial charge in [-0.25, -0.2) is 8.42 Å². The summed E-state index contributed by atoms with van der Waals surface area (Å²) in [5.41, 5.74) is 1.68. The van der Waals surface area contributed by atoms with Crippen molar-refractivity contribution in [3.8, 4) is 11.4 Å². The number of hydrogen-bond donors (Lipinski definition) is 1. The van der Waals surface area contributed by atoms with Gasteiger partial charge in [0.2, 0.25) is 17.6 Å². The van der Waals surface area contributed by atoms with E-state index >= 15 is 0 Å². The van der Waals surface area contributed by atoms with E-state index in [0.717, 1.165) is 30.5 Å². The first-order chi connectivity index (χ1) is 16.7. The van der Waals surface area contributed by atoms with Gasteiger partial charge in [0, 0.05) is 23.4 Å². The molecule has 2 heterocycles. The SMILES string of the molecule is CCC(NC(=O)C1CCCN(Cc2nc(-c3cccc(Cl)c3)no2)C1)c1ccc(S(C)(=O)=O)cc1. The molecule has 3 aromatic rings. The van der Waals surface area contributed by atoms with E-state index in [1.54, 1.807) is 36.4 Å². The largest absolute Gasteiger partial charge is 0.349 e. The fraction of sp³-hybridized carbons (Fsp3) is 0.400. The summed E-state index contributed by atoms with van der Waals surface area (Å²) in [6.45, 7) is 3.92. The van der Waals surface area contributed by atoms with Crippen LogP contribution >= 0.6 is 11.6 Å². The van der Waals surface area contributed by atoms with E-state index in [0.29, 0.717) is 36.2 Å². The Hall–Kier alpha value is -2.75. The van der Waals surface area contributed by atoms with Crippen LogP contribution in [0.15, 0.2) is 57.9 Å². The molecule has 1 amide bonds. The monoisotopic (exact) mass is 516 g/mol. The van der Waals surface area contributed by atoms with E-state index in [9.17, 15) is 13.2 Å². The lowest BCUT2D eigenvalue weighted by Crippen LogP contribution is -2.43. The Bertz CT molecular complexity index is 1280. The quantitative estimate of drug-likeness (QED) is 0.476. The number of nitrogens with zero attached hydrogens (tertiary/aromatic N) is 3. The number of rotatable bonds is 8. The Kier molecular flexibility index (Phi) is 7.88. The van der Waals surface area contributed by atoms with Gasteiger partial charge in [0.15, 0.2) is 9.84 Å². The molecule has 1 aliphatic rings. The smallest absolute Gasteiger partial charge is 0.241 e. The topological polar surface area (TPSA) is 105 Å². The Morgan fingerprint density at radius 3 is 2.71 bits per heavy atom. The molecule has 1 saturated heterocycles. The maximum absolute atomic E-state index is 13.1. The molecular weight excluding hydrogens is 488 g/mol. The lowest BCUT2D eigenvalue weighted by atomic mass is 9.95. The summed E-state index contributed by atoms with van der Waals surface area (Å²) in [7, 11) is -3.26. The summed E-state index contributed by atoms with van der Waals surface area (Å²) in [6, 6.07) is 13.8. The molecule has 0 spiro atoms. The third kappa shape index (κ3) is 6.48. The average molecular weight is 517 g/mol. The first kappa shape index (κ1) is 25.3. The number of aromatic nitrogens is 2. The normalized spacial score (nSPS) is 17.7. The van der Waals surface area contributed by atoms with Crippen LogP contribution in [-0.4, -0.2) is 48.7 Å².